The first-order chi connectivity index (χ1) is 9.64. The average molecular weight is 325 g/mol. The summed E-state index contributed by atoms with van der Waals surface area (Å²) < 4.78 is 21.1. The minimum atomic E-state index is -2.43. The van der Waals surface area contributed by atoms with E-state index in [1.807, 2.05) is 0 Å². The van der Waals surface area contributed by atoms with Gasteiger partial charge in [-0.1, -0.05) is 13.3 Å². The number of carbonyl (C=O) groups excluding carboxylic acids is 1. The Labute approximate surface area is 128 Å². The fraction of sp³-hybridized carbons (Fsp3) is 0.923. The van der Waals surface area contributed by atoms with Crippen molar-refractivity contribution < 1.29 is 22.8 Å². The van der Waals surface area contributed by atoms with E-state index >= 15 is 0 Å². The molecule has 0 aliphatic carbocycles. The van der Waals surface area contributed by atoms with Gasteiger partial charge in [0.25, 0.3) is 0 Å². The van der Waals surface area contributed by atoms with Gasteiger partial charge in [0.1, 0.15) is 0 Å². The number of ether oxygens (including phenoxy) is 1. The molecule has 5 nitrogen and oxygen atoms in total. The molecule has 0 aromatic carbocycles. The molecule has 0 radical (unpaired) electrons. The maximum Gasteiger partial charge on any atom is 0.500 e. The third-order valence-electron chi connectivity index (χ3n) is 2.92. The Hall–Kier alpha value is -0.0831. The first-order valence-corrected chi connectivity index (χ1v) is 10.1. The van der Waals surface area contributed by atoms with Gasteiger partial charge in [-0.05, 0) is 18.6 Å². The molecule has 0 heterocycles. The molecule has 0 aromatic rings. The average Bonchev–Trinajstić information content (AvgIpc) is 2.47. The van der Waals surface area contributed by atoms with E-state index in [1.165, 1.54) is 0 Å². The number of unbranched alkanes of at least 4 members (excludes halogenated alkanes) is 1. The van der Waals surface area contributed by atoms with Gasteiger partial charge >= 0.3 is 14.8 Å². The Balaban J connectivity index is 3.55. The standard InChI is InChI=1S/C13H28O5SSi/c1-5-6-9-18-13(14)8-11-19-10-7-12-20(15-2,16-3)17-4/h5-12H2,1-4H3. The summed E-state index contributed by atoms with van der Waals surface area (Å²) in [6.07, 6.45) is 3.43. The lowest BCUT2D eigenvalue weighted by Gasteiger charge is -2.24. The van der Waals surface area contributed by atoms with Crippen LogP contribution >= 0.6 is 11.8 Å². The van der Waals surface area contributed by atoms with Crippen LogP contribution in [0.5, 0.6) is 0 Å². The molecule has 0 unspecified atom stereocenters. The first kappa shape index (κ1) is 19.9. The van der Waals surface area contributed by atoms with E-state index in [1.54, 1.807) is 33.1 Å². The molecule has 20 heavy (non-hydrogen) atoms. The summed E-state index contributed by atoms with van der Waals surface area (Å²) in [6.45, 7) is 2.62. The highest BCUT2D eigenvalue weighted by Gasteiger charge is 2.36. The highest BCUT2D eigenvalue weighted by Crippen LogP contribution is 2.17. The van der Waals surface area contributed by atoms with E-state index < -0.39 is 8.80 Å². The summed E-state index contributed by atoms with van der Waals surface area (Å²) in [4.78, 5) is 11.4. The summed E-state index contributed by atoms with van der Waals surface area (Å²) in [5.41, 5.74) is 0. The van der Waals surface area contributed by atoms with Crippen LogP contribution in [0.3, 0.4) is 0 Å². The molecule has 0 aliphatic rings. The number of thioether (sulfide) groups is 1. The van der Waals surface area contributed by atoms with Crippen LogP contribution in [0.15, 0.2) is 0 Å². The molecule has 0 rings (SSSR count). The predicted molar refractivity (Wildman–Crippen MR) is 84.0 cm³/mol. The number of carbonyl (C=O) groups is 1. The second-order valence-corrected chi connectivity index (χ2v) is 8.65. The molecule has 0 aromatic heterocycles. The van der Waals surface area contributed by atoms with Gasteiger partial charge in [0, 0.05) is 33.1 Å². The lowest BCUT2D eigenvalue weighted by atomic mass is 10.4. The number of hydrogen-bond donors (Lipinski definition) is 0. The molecular formula is C13H28O5SSi. The topological polar surface area (TPSA) is 54.0 Å². The maximum atomic E-state index is 11.4. The van der Waals surface area contributed by atoms with Crippen LogP contribution in [0, 0.1) is 0 Å². The van der Waals surface area contributed by atoms with Crippen molar-refractivity contribution in [1.82, 2.24) is 0 Å². The third-order valence-corrected chi connectivity index (χ3v) is 6.82. The smallest absolute Gasteiger partial charge is 0.466 e. The van der Waals surface area contributed by atoms with Crippen molar-refractivity contribution in [3.05, 3.63) is 0 Å². The molecule has 0 fully saturated rings. The van der Waals surface area contributed by atoms with Crippen molar-refractivity contribution in [2.75, 3.05) is 39.4 Å². The van der Waals surface area contributed by atoms with E-state index in [0.717, 1.165) is 36.8 Å². The van der Waals surface area contributed by atoms with E-state index in [9.17, 15) is 4.79 Å². The zero-order chi connectivity index (χ0) is 15.3. The van der Waals surface area contributed by atoms with Crippen LogP contribution in [0.2, 0.25) is 6.04 Å². The molecular weight excluding hydrogens is 296 g/mol. The van der Waals surface area contributed by atoms with Crippen molar-refractivity contribution in [2.45, 2.75) is 38.7 Å². The first-order valence-electron chi connectivity index (χ1n) is 7.03. The van der Waals surface area contributed by atoms with Crippen molar-refractivity contribution >= 4 is 26.5 Å². The summed E-state index contributed by atoms with van der Waals surface area (Å²) >= 11 is 1.75. The summed E-state index contributed by atoms with van der Waals surface area (Å²) in [7, 11) is 2.44. The second kappa shape index (κ2) is 12.6. The van der Waals surface area contributed by atoms with Crippen molar-refractivity contribution in [1.29, 1.82) is 0 Å². The van der Waals surface area contributed by atoms with E-state index in [2.05, 4.69) is 6.92 Å². The maximum absolute atomic E-state index is 11.4. The van der Waals surface area contributed by atoms with E-state index in [-0.39, 0.29) is 5.97 Å². The number of esters is 1. The molecule has 120 valence electrons. The summed E-state index contributed by atoms with van der Waals surface area (Å²) in [5, 5.41) is 0. The summed E-state index contributed by atoms with van der Waals surface area (Å²) in [5.74, 6) is 1.67. The second-order valence-electron chi connectivity index (χ2n) is 4.34. The molecule has 0 amide bonds. The highest BCUT2D eigenvalue weighted by atomic mass is 32.2. The highest BCUT2D eigenvalue weighted by molar-refractivity contribution is 7.99. The minimum absolute atomic E-state index is 0.0969. The zero-order valence-electron chi connectivity index (χ0n) is 13.1. The molecule has 0 spiro atoms. The Morgan fingerprint density at radius 1 is 1.05 bits per heavy atom. The lowest BCUT2D eigenvalue weighted by Crippen LogP contribution is -2.42. The van der Waals surface area contributed by atoms with Crippen LogP contribution in [0.25, 0.3) is 0 Å². The predicted octanol–water partition coefficient (Wildman–Crippen LogP) is 2.72. The molecule has 0 saturated carbocycles. The molecule has 0 saturated heterocycles. The van der Waals surface area contributed by atoms with Gasteiger partial charge in [0.05, 0.1) is 13.0 Å². The molecule has 0 aliphatic heterocycles. The Morgan fingerprint density at radius 3 is 2.25 bits per heavy atom. The third kappa shape index (κ3) is 8.96. The lowest BCUT2D eigenvalue weighted by molar-refractivity contribution is -0.143. The largest absolute Gasteiger partial charge is 0.500 e. The van der Waals surface area contributed by atoms with Crippen molar-refractivity contribution in [2.24, 2.45) is 0 Å². The van der Waals surface area contributed by atoms with Gasteiger partial charge in [-0.2, -0.15) is 11.8 Å². The van der Waals surface area contributed by atoms with Crippen LogP contribution in [0.4, 0.5) is 0 Å². The number of hydrogen-bond acceptors (Lipinski definition) is 6. The quantitative estimate of drug-likeness (QED) is 0.295. The number of rotatable bonds is 13. The Bertz CT molecular complexity index is 241. The minimum Gasteiger partial charge on any atom is -0.466 e. The van der Waals surface area contributed by atoms with Crippen molar-refractivity contribution in [3.8, 4) is 0 Å². The van der Waals surface area contributed by atoms with Gasteiger partial charge in [-0.15, -0.1) is 0 Å². The van der Waals surface area contributed by atoms with Crippen LogP contribution < -0.4 is 0 Å². The fourth-order valence-electron chi connectivity index (χ4n) is 1.61. The van der Waals surface area contributed by atoms with Crippen LogP contribution in [-0.2, 0) is 22.8 Å². The molecule has 7 heteroatoms. The zero-order valence-corrected chi connectivity index (χ0v) is 14.9. The van der Waals surface area contributed by atoms with Gasteiger partial charge in [-0.25, -0.2) is 0 Å². The van der Waals surface area contributed by atoms with Crippen LogP contribution in [-0.4, -0.2) is 54.2 Å². The SMILES string of the molecule is CCCCOC(=O)CCSCCC[Si](OC)(OC)OC. The van der Waals surface area contributed by atoms with Gasteiger partial charge in [-0.3, -0.25) is 4.79 Å². The molecule has 0 bridgehead atoms. The van der Waals surface area contributed by atoms with E-state index in [4.69, 9.17) is 18.0 Å². The monoisotopic (exact) mass is 324 g/mol. The van der Waals surface area contributed by atoms with Gasteiger partial charge in [0.2, 0.25) is 0 Å². The van der Waals surface area contributed by atoms with Gasteiger partial charge in [0.15, 0.2) is 0 Å². The van der Waals surface area contributed by atoms with Gasteiger partial charge < -0.3 is 18.0 Å². The molecule has 0 N–H and O–H groups in total. The summed E-state index contributed by atoms with van der Waals surface area (Å²) in [6, 6.07) is 0.796. The Kier molecular flexibility index (Phi) is 12.6. The fourth-order valence-corrected chi connectivity index (χ4v) is 4.45. The van der Waals surface area contributed by atoms with Crippen molar-refractivity contribution in [3.63, 3.8) is 0 Å². The van der Waals surface area contributed by atoms with Crippen LogP contribution in [0.1, 0.15) is 32.6 Å². The molecule has 0 atom stereocenters. The Morgan fingerprint density at radius 2 is 1.70 bits per heavy atom. The van der Waals surface area contributed by atoms with E-state index in [0.29, 0.717) is 13.0 Å². The normalized spacial score (nSPS) is 11.6.